The maximum absolute atomic E-state index is 10.6. The van der Waals surface area contributed by atoms with E-state index in [4.69, 9.17) is 17.3 Å². The van der Waals surface area contributed by atoms with Crippen LogP contribution in [0, 0.1) is 10.1 Å². The first-order chi connectivity index (χ1) is 10.5. The van der Waals surface area contributed by atoms with Crippen LogP contribution >= 0.6 is 11.6 Å². The Balaban J connectivity index is 1.94. The number of fused-ring (bicyclic) bond motifs is 1. The van der Waals surface area contributed by atoms with Crippen LogP contribution in [0.1, 0.15) is 11.4 Å². The van der Waals surface area contributed by atoms with Gasteiger partial charge in [0.2, 0.25) is 0 Å². The van der Waals surface area contributed by atoms with E-state index in [1.807, 2.05) is 0 Å². The lowest BCUT2D eigenvalue weighted by Crippen LogP contribution is -1.94. The van der Waals surface area contributed by atoms with E-state index in [9.17, 15) is 10.1 Å². The van der Waals surface area contributed by atoms with Gasteiger partial charge in [0.25, 0.3) is 5.69 Å². The highest BCUT2D eigenvalue weighted by atomic mass is 35.5. The van der Waals surface area contributed by atoms with Gasteiger partial charge in [0, 0.05) is 18.3 Å². The summed E-state index contributed by atoms with van der Waals surface area (Å²) in [5.74, 6) is 0.558. The SMILES string of the molecule is Nc1cc(Cl)cn2c(/C=C/c3ccc([N+](=O)[O-])cc3)nnc12. The Kier molecular flexibility index (Phi) is 3.48. The Bertz CT molecular complexity index is 886. The second-order valence-corrected chi connectivity index (χ2v) is 4.98. The molecule has 2 N–H and O–H groups in total. The van der Waals surface area contributed by atoms with E-state index in [0.717, 1.165) is 5.56 Å². The van der Waals surface area contributed by atoms with E-state index >= 15 is 0 Å². The zero-order valence-corrected chi connectivity index (χ0v) is 11.9. The van der Waals surface area contributed by atoms with Crippen LogP contribution in [0.25, 0.3) is 17.8 Å². The van der Waals surface area contributed by atoms with Crippen molar-refractivity contribution >= 4 is 40.8 Å². The number of nitrogens with zero attached hydrogens (tertiary/aromatic N) is 4. The van der Waals surface area contributed by atoms with E-state index < -0.39 is 4.92 Å². The molecule has 0 bridgehead atoms. The Morgan fingerprint density at radius 1 is 1.23 bits per heavy atom. The summed E-state index contributed by atoms with van der Waals surface area (Å²) >= 11 is 5.97. The molecule has 0 atom stereocenters. The number of nitro groups is 1. The minimum absolute atomic E-state index is 0.0460. The van der Waals surface area contributed by atoms with Crippen LogP contribution in [0.15, 0.2) is 36.5 Å². The van der Waals surface area contributed by atoms with Crippen LogP contribution in [0.3, 0.4) is 0 Å². The fourth-order valence-electron chi connectivity index (χ4n) is 1.99. The average Bonchev–Trinajstić information content (AvgIpc) is 2.89. The second-order valence-electron chi connectivity index (χ2n) is 4.55. The van der Waals surface area contributed by atoms with Crippen molar-refractivity contribution in [3.63, 3.8) is 0 Å². The van der Waals surface area contributed by atoms with Crippen molar-refractivity contribution in [3.8, 4) is 0 Å². The smallest absolute Gasteiger partial charge is 0.269 e. The van der Waals surface area contributed by atoms with Gasteiger partial charge in [-0.05, 0) is 29.8 Å². The monoisotopic (exact) mass is 315 g/mol. The predicted molar refractivity (Wildman–Crippen MR) is 84.4 cm³/mol. The first kappa shape index (κ1) is 14.0. The van der Waals surface area contributed by atoms with Gasteiger partial charge in [-0.15, -0.1) is 10.2 Å². The molecule has 0 aliphatic carbocycles. The summed E-state index contributed by atoms with van der Waals surface area (Å²) in [4.78, 5) is 10.2. The number of hydrogen-bond donors (Lipinski definition) is 1. The van der Waals surface area contributed by atoms with Crippen LogP contribution in [0.2, 0.25) is 5.02 Å². The highest BCUT2D eigenvalue weighted by Gasteiger charge is 2.07. The van der Waals surface area contributed by atoms with Gasteiger partial charge < -0.3 is 5.73 Å². The van der Waals surface area contributed by atoms with E-state index in [-0.39, 0.29) is 5.69 Å². The fourth-order valence-corrected chi connectivity index (χ4v) is 2.21. The van der Waals surface area contributed by atoms with Crippen molar-refractivity contribution in [2.24, 2.45) is 0 Å². The van der Waals surface area contributed by atoms with Gasteiger partial charge in [0.15, 0.2) is 11.5 Å². The summed E-state index contributed by atoms with van der Waals surface area (Å²) in [5, 5.41) is 19.1. The molecule has 0 unspecified atom stereocenters. The molecule has 7 nitrogen and oxygen atoms in total. The Morgan fingerprint density at radius 2 is 1.95 bits per heavy atom. The molecule has 3 rings (SSSR count). The van der Waals surface area contributed by atoms with Crippen molar-refractivity contribution in [3.05, 3.63) is 63.1 Å². The summed E-state index contributed by atoms with van der Waals surface area (Å²) in [6, 6.07) is 7.79. The lowest BCUT2D eigenvalue weighted by atomic mass is 10.2. The number of aromatic nitrogens is 3. The van der Waals surface area contributed by atoms with Crippen molar-refractivity contribution in [1.82, 2.24) is 14.6 Å². The zero-order chi connectivity index (χ0) is 15.7. The minimum atomic E-state index is -0.440. The molecule has 110 valence electrons. The molecule has 0 spiro atoms. The number of halogens is 1. The lowest BCUT2D eigenvalue weighted by molar-refractivity contribution is -0.384. The highest BCUT2D eigenvalue weighted by molar-refractivity contribution is 6.30. The molecule has 8 heteroatoms. The first-order valence-corrected chi connectivity index (χ1v) is 6.65. The van der Waals surface area contributed by atoms with E-state index in [1.54, 1.807) is 40.9 Å². The topological polar surface area (TPSA) is 99.3 Å². The number of benzene rings is 1. The normalized spacial score (nSPS) is 11.3. The van der Waals surface area contributed by atoms with Gasteiger partial charge in [-0.2, -0.15) is 0 Å². The lowest BCUT2D eigenvalue weighted by Gasteiger charge is -1.99. The number of non-ortho nitro benzene ring substituents is 1. The van der Waals surface area contributed by atoms with Gasteiger partial charge in [-0.25, -0.2) is 0 Å². The number of anilines is 1. The third-order valence-corrected chi connectivity index (χ3v) is 3.26. The average molecular weight is 316 g/mol. The molecule has 0 radical (unpaired) electrons. The zero-order valence-electron chi connectivity index (χ0n) is 11.2. The van der Waals surface area contributed by atoms with Gasteiger partial charge >= 0.3 is 0 Å². The van der Waals surface area contributed by atoms with Gasteiger partial charge in [-0.3, -0.25) is 14.5 Å². The minimum Gasteiger partial charge on any atom is -0.396 e. The Labute approximate surface area is 129 Å². The van der Waals surface area contributed by atoms with Crippen molar-refractivity contribution in [2.75, 3.05) is 5.73 Å². The molecule has 0 fully saturated rings. The number of nitro benzene ring substituents is 1. The number of hydrogen-bond acceptors (Lipinski definition) is 5. The Hall–Kier alpha value is -2.93. The van der Waals surface area contributed by atoms with Gasteiger partial charge in [-0.1, -0.05) is 17.7 Å². The predicted octanol–water partition coefficient (Wildman–Crippen LogP) is 3.04. The molecular weight excluding hydrogens is 306 g/mol. The van der Waals surface area contributed by atoms with Crippen LogP contribution in [0.5, 0.6) is 0 Å². The van der Waals surface area contributed by atoms with Crippen molar-refractivity contribution in [1.29, 1.82) is 0 Å². The molecule has 2 aromatic heterocycles. The van der Waals surface area contributed by atoms with Crippen LogP contribution < -0.4 is 5.73 Å². The Morgan fingerprint density at radius 3 is 2.64 bits per heavy atom. The summed E-state index contributed by atoms with van der Waals surface area (Å²) in [6.07, 6.45) is 5.18. The molecule has 0 saturated carbocycles. The number of nitrogen functional groups attached to an aromatic ring is 1. The third kappa shape index (κ3) is 2.61. The molecule has 0 aliphatic heterocycles. The largest absolute Gasteiger partial charge is 0.396 e. The van der Waals surface area contributed by atoms with E-state index in [1.165, 1.54) is 12.1 Å². The van der Waals surface area contributed by atoms with Crippen LogP contribution in [-0.4, -0.2) is 19.5 Å². The van der Waals surface area contributed by atoms with Crippen LogP contribution in [-0.2, 0) is 0 Å². The van der Waals surface area contributed by atoms with Crippen molar-refractivity contribution in [2.45, 2.75) is 0 Å². The standard InChI is InChI=1S/C14H10ClN5O2/c15-10-7-12(16)14-18-17-13(19(14)8-10)6-3-9-1-4-11(5-2-9)20(21)22/h1-8H,16H2/b6-3+. The molecular formula is C14H10ClN5O2. The summed E-state index contributed by atoms with van der Waals surface area (Å²) in [5.41, 5.74) is 7.64. The molecule has 0 saturated heterocycles. The molecule has 2 heterocycles. The van der Waals surface area contributed by atoms with Crippen LogP contribution in [0.4, 0.5) is 11.4 Å². The maximum Gasteiger partial charge on any atom is 0.269 e. The van der Waals surface area contributed by atoms with Gasteiger partial charge in [0.05, 0.1) is 15.6 Å². The van der Waals surface area contributed by atoms with E-state index in [2.05, 4.69) is 10.2 Å². The molecule has 3 aromatic rings. The fraction of sp³-hybridized carbons (Fsp3) is 0. The number of pyridine rings is 1. The first-order valence-electron chi connectivity index (χ1n) is 6.27. The molecule has 0 aliphatic rings. The molecule has 22 heavy (non-hydrogen) atoms. The summed E-state index contributed by atoms with van der Waals surface area (Å²) < 4.78 is 1.68. The quantitative estimate of drug-likeness (QED) is 0.591. The highest BCUT2D eigenvalue weighted by Crippen LogP contribution is 2.20. The number of nitrogens with two attached hydrogens (primary N) is 1. The van der Waals surface area contributed by atoms with E-state index in [0.29, 0.717) is 22.2 Å². The van der Waals surface area contributed by atoms with Gasteiger partial charge in [0.1, 0.15) is 0 Å². The second kappa shape index (κ2) is 5.45. The number of rotatable bonds is 3. The summed E-state index contributed by atoms with van der Waals surface area (Å²) in [7, 11) is 0. The van der Waals surface area contributed by atoms with Crippen molar-refractivity contribution < 1.29 is 4.92 Å². The molecule has 1 aromatic carbocycles. The molecule has 0 amide bonds. The maximum atomic E-state index is 10.6. The third-order valence-electron chi connectivity index (χ3n) is 3.05. The summed E-state index contributed by atoms with van der Waals surface area (Å²) in [6.45, 7) is 0.